The van der Waals surface area contributed by atoms with E-state index in [1.54, 1.807) is 0 Å². The lowest BCUT2D eigenvalue weighted by atomic mass is 10.2. The molecule has 0 aliphatic rings. The highest BCUT2D eigenvalue weighted by atomic mass is 16.5. The van der Waals surface area contributed by atoms with Gasteiger partial charge in [0.15, 0.2) is 0 Å². The molecule has 0 saturated carbocycles. The Balaban J connectivity index is 1.64. The maximum atomic E-state index is 8.50. The maximum absolute atomic E-state index is 8.50. The molecule has 122 valence electrons. The van der Waals surface area contributed by atoms with Crippen molar-refractivity contribution in [1.82, 2.24) is 15.1 Å². The van der Waals surface area contributed by atoms with E-state index in [1.165, 1.54) is 11.1 Å². The highest BCUT2D eigenvalue weighted by Gasteiger charge is 1.99. The van der Waals surface area contributed by atoms with Gasteiger partial charge in [0.25, 0.3) is 0 Å². The SMILES string of the molecule is Cn1cc(CCCNCc2cccc(OCCCC#N)c2)cn1. The number of aryl methyl sites for hydroxylation is 2. The van der Waals surface area contributed by atoms with Gasteiger partial charge in [-0.25, -0.2) is 0 Å². The molecule has 0 spiro atoms. The van der Waals surface area contributed by atoms with E-state index in [-0.39, 0.29) is 0 Å². The summed E-state index contributed by atoms with van der Waals surface area (Å²) in [7, 11) is 1.94. The molecular formula is C18H24N4O. The van der Waals surface area contributed by atoms with Crippen molar-refractivity contribution in [2.45, 2.75) is 32.2 Å². The molecule has 1 aromatic heterocycles. The summed E-state index contributed by atoms with van der Waals surface area (Å²) in [6.45, 7) is 2.40. The van der Waals surface area contributed by atoms with E-state index in [1.807, 2.05) is 30.1 Å². The molecule has 5 nitrogen and oxygen atoms in total. The summed E-state index contributed by atoms with van der Waals surface area (Å²) >= 11 is 0. The van der Waals surface area contributed by atoms with Crippen molar-refractivity contribution in [2.75, 3.05) is 13.2 Å². The molecule has 1 N–H and O–H groups in total. The lowest BCUT2D eigenvalue weighted by Gasteiger charge is -2.08. The molecule has 1 heterocycles. The van der Waals surface area contributed by atoms with E-state index >= 15 is 0 Å². The lowest BCUT2D eigenvalue weighted by Crippen LogP contribution is -2.15. The number of ether oxygens (including phenoxy) is 1. The molecule has 0 fully saturated rings. The Labute approximate surface area is 137 Å². The van der Waals surface area contributed by atoms with Crippen LogP contribution in [0.15, 0.2) is 36.7 Å². The van der Waals surface area contributed by atoms with Gasteiger partial charge in [-0.1, -0.05) is 12.1 Å². The molecule has 0 saturated heterocycles. The number of nitriles is 1. The summed E-state index contributed by atoms with van der Waals surface area (Å²) in [6.07, 6.45) is 7.44. The summed E-state index contributed by atoms with van der Waals surface area (Å²) < 4.78 is 7.49. The second-order valence-electron chi connectivity index (χ2n) is 5.56. The molecule has 0 radical (unpaired) electrons. The number of aromatic nitrogens is 2. The van der Waals surface area contributed by atoms with Crippen molar-refractivity contribution in [3.63, 3.8) is 0 Å². The number of hydrogen-bond acceptors (Lipinski definition) is 4. The number of unbranched alkanes of at least 4 members (excludes halogenated alkanes) is 1. The molecule has 0 atom stereocenters. The largest absolute Gasteiger partial charge is 0.494 e. The molecule has 23 heavy (non-hydrogen) atoms. The third kappa shape index (κ3) is 6.54. The zero-order valence-corrected chi connectivity index (χ0v) is 13.7. The fourth-order valence-electron chi connectivity index (χ4n) is 2.34. The molecule has 0 amide bonds. The van der Waals surface area contributed by atoms with E-state index in [0.717, 1.165) is 38.1 Å². The highest BCUT2D eigenvalue weighted by Crippen LogP contribution is 2.13. The van der Waals surface area contributed by atoms with Crippen molar-refractivity contribution in [3.05, 3.63) is 47.8 Å². The van der Waals surface area contributed by atoms with Crippen LogP contribution in [0.2, 0.25) is 0 Å². The summed E-state index contributed by atoms with van der Waals surface area (Å²) in [6, 6.07) is 10.2. The minimum absolute atomic E-state index is 0.540. The lowest BCUT2D eigenvalue weighted by molar-refractivity contribution is 0.312. The molecule has 1 aromatic carbocycles. The van der Waals surface area contributed by atoms with Crippen molar-refractivity contribution in [2.24, 2.45) is 7.05 Å². The second kappa shape index (κ2) is 9.65. The Bertz CT molecular complexity index is 630. The van der Waals surface area contributed by atoms with Crippen LogP contribution in [0.5, 0.6) is 5.75 Å². The van der Waals surface area contributed by atoms with Crippen LogP contribution < -0.4 is 10.1 Å². The predicted molar refractivity (Wildman–Crippen MR) is 90.0 cm³/mol. The average molecular weight is 312 g/mol. The number of rotatable bonds is 10. The zero-order chi connectivity index (χ0) is 16.3. The van der Waals surface area contributed by atoms with Gasteiger partial charge in [-0.15, -0.1) is 0 Å². The van der Waals surface area contributed by atoms with E-state index in [0.29, 0.717) is 13.0 Å². The van der Waals surface area contributed by atoms with Crippen molar-refractivity contribution >= 4 is 0 Å². The Morgan fingerprint density at radius 3 is 3.00 bits per heavy atom. The van der Waals surface area contributed by atoms with Gasteiger partial charge in [0.2, 0.25) is 0 Å². The first-order valence-electron chi connectivity index (χ1n) is 8.05. The summed E-state index contributed by atoms with van der Waals surface area (Å²) in [4.78, 5) is 0. The van der Waals surface area contributed by atoms with Crippen LogP contribution in [0, 0.1) is 11.3 Å². The molecule has 0 aliphatic carbocycles. The minimum Gasteiger partial charge on any atom is -0.494 e. The van der Waals surface area contributed by atoms with Crippen LogP contribution in [-0.2, 0) is 20.0 Å². The molecule has 2 aromatic rings. The van der Waals surface area contributed by atoms with Crippen LogP contribution in [-0.4, -0.2) is 22.9 Å². The Hall–Kier alpha value is -2.32. The third-order valence-electron chi connectivity index (χ3n) is 3.51. The second-order valence-corrected chi connectivity index (χ2v) is 5.56. The van der Waals surface area contributed by atoms with E-state index in [2.05, 4.69) is 34.8 Å². The number of nitrogens with one attached hydrogen (secondary N) is 1. The first-order valence-corrected chi connectivity index (χ1v) is 8.05. The van der Waals surface area contributed by atoms with Gasteiger partial charge in [0.05, 0.1) is 18.9 Å². The van der Waals surface area contributed by atoms with E-state index < -0.39 is 0 Å². The van der Waals surface area contributed by atoms with E-state index in [9.17, 15) is 0 Å². The van der Waals surface area contributed by atoms with Crippen LogP contribution >= 0.6 is 0 Å². The smallest absolute Gasteiger partial charge is 0.119 e. The van der Waals surface area contributed by atoms with Gasteiger partial charge in [0, 0.05) is 26.2 Å². The van der Waals surface area contributed by atoms with Gasteiger partial charge in [0.1, 0.15) is 5.75 Å². The molecule has 2 rings (SSSR count). The summed E-state index contributed by atoms with van der Waals surface area (Å²) in [5.41, 5.74) is 2.49. The quantitative estimate of drug-likeness (QED) is 0.685. The minimum atomic E-state index is 0.540. The number of nitrogens with zero attached hydrogens (tertiary/aromatic N) is 3. The number of benzene rings is 1. The van der Waals surface area contributed by atoms with Crippen molar-refractivity contribution in [1.29, 1.82) is 5.26 Å². The van der Waals surface area contributed by atoms with Crippen LogP contribution in [0.3, 0.4) is 0 Å². The standard InChI is InChI=1S/C18H24N4O/c1-22-15-17(14-21-22)7-5-10-20-13-16-6-4-8-18(12-16)23-11-3-2-9-19/h4,6,8,12,14-15,20H,2-3,5,7,10-11,13H2,1H3. The van der Waals surface area contributed by atoms with Crippen molar-refractivity contribution in [3.8, 4) is 11.8 Å². The van der Waals surface area contributed by atoms with Crippen LogP contribution in [0.25, 0.3) is 0 Å². The molecule has 0 bridgehead atoms. The number of hydrogen-bond donors (Lipinski definition) is 1. The van der Waals surface area contributed by atoms with Gasteiger partial charge in [-0.05, 0) is 49.1 Å². The topological polar surface area (TPSA) is 62.9 Å². The first kappa shape index (κ1) is 17.0. The fraction of sp³-hybridized carbons (Fsp3) is 0.444. The Kier molecular flexibility index (Phi) is 7.15. The molecule has 0 aliphatic heterocycles. The average Bonchev–Trinajstić information content (AvgIpc) is 2.97. The zero-order valence-electron chi connectivity index (χ0n) is 13.7. The third-order valence-corrected chi connectivity index (χ3v) is 3.51. The van der Waals surface area contributed by atoms with Crippen LogP contribution in [0.4, 0.5) is 0 Å². The van der Waals surface area contributed by atoms with Crippen LogP contribution in [0.1, 0.15) is 30.4 Å². The Morgan fingerprint density at radius 2 is 2.22 bits per heavy atom. The highest BCUT2D eigenvalue weighted by molar-refractivity contribution is 5.28. The normalized spacial score (nSPS) is 10.4. The monoisotopic (exact) mass is 312 g/mol. The van der Waals surface area contributed by atoms with Crippen molar-refractivity contribution < 1.29 is 4.74 Å². The Morgan fingerprint density at radius 1 is 1.30 bits per heavy atom. The molecular weight excluding hydrogens is 288 g/mol. The molecule has 0 unspecified atom stereocenters. The predicted octanol–water partition coefficient (Wildman–Crippen LogP) is 2.83. The van der Waals surface area contributed by atoms with Gasteiger partial charge < -0.3 is 10.1 Å². The first-order chi connectivity index (χ1) is 11.3. The van der Waals surface area contributed by atoms with Gasteiger partial charge in [-0.2, -0.15) is 10.4 Å². The maximum Gasteiger partial charge on any atom is 0.119 e. The van der Waals surface area contributed by atoms with Gasteiger partial charge >= 0.3 is 0 Å². The van der Waals surface area contributed by atoms with Gasteiger partial charge in [-0.3, -0.25) is 4.68 Å². The summed E-state index contributed by atoms with van der Waals surface area (Å²) in [5, 5.41) is 16.1. The molecule has 5 heteroatoms. The fourth-order valence-corrected chi connectivity index (χ4v) is 2.34. The summed E-state index contributed by atoms with van der Waals surface area (Å²) in [5.74, 6) is 0.873. The van der Waals surface area contributed by atoms with E-state index in [4.69, 9.17) is 10.00 Å².